The van der Waals surface area contributed by atoms with Gasteiger partial charge in [0.05, 0.1) is 6.10 Å². The van der Waals surface area contributed by atoms with Crippen LogP contribution >= 0.6 is 23.2 Å². The molecule has 0 heterocycles. The quantitative estimate of drug-likeness (QED) is 0.356. The van der Waals surface area contributed by atoms with Gasteiger partial charge in [0.15, 0.2) is 5.41 Å². The summed E-state index contributed by atoms with van der Waals surface area (Å²) in [4.78, 5) is 23.9. The third-order valence-corrected chi connectivity index (χ3v) is 3.81. The maximum atomic E-state index is 12.3. The number of halogens is 2. The van der Waals surface area contributed by atoms with Crippen LogP contribution in [-0.2, 0) is 14.3 Å². The van der Waals surface area contributed by atoms with Crippen molar-refractivity contribution in [1.82, 2.24) is 0 Å². The number of aliphatic carboxylic acids is 1. The lowest BCUT2D eigenvalue weighted by atomic mass is 9.79. The fraction of sp³-hybridized carbons (Fsp3) is 0.857. The number of carbonyl (C=O) groups excluding carboxylic acids is 1. The van der Waals surface area contributed by atoms with Crippen LogP contribution in [-0.4, -0.2) is 34.9 Å². The van der Waals surface area contributed by atoms with Crippen LogP contribution < -0.4 is 0 Å². The predicted octanol–water partition coefficient (Wildman–Crippen LogP) is 3.83. The van der Waals surface area contributed by atoms with E-state index in [1.165, 1.54) is 0 Å². The molecule has 0 saturated carbocycles. The first-order valence-electron chi connectivity index (χ1n) is 7.01. The van der Waals surface area contributed by atoms with E-state index in [2.05, 4.69) is 0 Å². The minimum Gasteiger partial charge on any atom is -0.480 e. The Morgan fingerprint density at radius 2 is 1.70 bits per heavy atom. The number of carbonyl (C=O) groups is 2. The van der Waals surface area contributed by atoms with Gasteiger partial charge in [0.1, 0.15) is 0 Å². The van der Waals surface area contributed by atoms with Gasteiger partial charge in [-0.15, -0.1) is 23.2 Å². The summed E-state index contributed by atoms with van der Waals surface area (Å²) in [6.07, 6.45) is 2.57. The van der Waals surface area contributed by atoms with Gasteiger partial charge < -0.3 is 9.84 Å². The summed E-state index contributed by atoms with van der Waals surface area (Å²) in [6.45, 7) is 3.76. The van der Waals surface area contributed by atoms with Gasteiger partial charge in [-0.3, -0.25) is 9.59 Å². The third-order valence-electron chi connectivity index (χ3n) is 3.28. The largest absolute Gasteiger partial charge is 0.480 e. The number of rotatable bonds is 11. The molecule has 20 heavy (non-hydrogen) atoms. The minimum absolute atomic E-state index is 0.181. The number of hydrogen-bond acceptors (Lipinski definition) is 3. The van der Waals surface area contributed by atoms with Crippen molar-refractivity contribution in [1.29, 1.82) is 0 Å². The first-order chi connectivity index (χ1) is 9.44. The van der Waals surface area contributed by atoms with E-state index in [9.17, 15) is 14.7 Å². The molecule has 118 valence electrons. The number of ether oxygens (including phenoxy) is 1. The number of hydrogen-bond donors (Lipinski definition) is 1. The number of carboxylic acids is 1. The summed E-state index contributed by atoms with van der Waals surface area (Å²) >= 11 is 11.3. The molecule has 0 saturated heterocycles. The van der Waals surface area contributed by atoms with Gasteiger partial charge in [-0.25, -0.2) is 0 Å². The highest BCUT2D eigenvalue weighted by atomic mass is 35.5. The molecule has 0 spiro atoms. The zero-order chi connectivity index (χ0) is 15.6. The molecular weight excluding hydrogens is 303 g/mol. The lowest BCUT2D eigenvalue weighted by molar-refractivity contribution is -0.173. The first-order valence-corrected chi connectivity index (χ1v) is 8.08. The molecule has 0 fully saturated rings. The smallest absolute Gasteiger partial charge is 0.323 e. The highest BCUT2D eigenvalue weighted by molar-refractivity contribution is 6.18. The molecule has 0 radical (unpaired) electrons. The fourth-order valence-electron chi connectivity index (χ4n) is 2.13. The van der Waals surface area contributed by atoms with Crippen LogP contribution in [0, 0.1) is 5.41 Å². The Labute approximate surface area is 130 Å². The Morgan fingerprint density at radius 1 is 1.20 bits per heavy atom. The van der Waals surface area contributed by atoms with Crippen molar-refractivity contribution >= 4 is 35.1 Å². The summed E-state index contributed by atoms with van der Waals surface area (Å²) in [5, 5.41) is 9.50. The Balaban J connectivity index is 5.03. The van der Waals surface area contributed by atoms with Gasteiger partial charge in [0.25, 0.3) is 0 Å². The monoisotopic (exact) mass is 326 g/mol. The molecule has 0 aromatic heterocycles. The first kappa shape index (κ1) is 19.5. The predicted molar refractivity (Wildman–Crippen MR) is 80.4 cm³/mol. The molecule has 0 aromatic carbocycles. The summed E-state index contributed by atoms with van der Waals surface area (Å²) in [5.41, 5.74) is -1.52. The lowest BCUT2D eigenvalue weighted by Crippen LogP contribution is -2.42. The third kappa shape index (κ3) is 5.88. The summed E-state index contributed by atoms with van der Waals surface area (Å²) in [7, 11) is 0. The van der Waals surface area contributed by atoms with Gasteiger partial charge in [-0.05, 0) is 39.0 Å². The average molecular weight is 327 g/mol. The van der Waals surface area contributed by atoms with Crippen molar-refractivity contribution in [2.24, 2.45) is 5.41 Å². The van der Waals surface area contributed by atoms with Crippen molar-refractivity contribution < 1.29 is 19.4 Å². The van der Waals surface area contributed by atoms with Gasteiger partial charge in [0.2, 0.25) is 0 Å². The van der Waals surface area contributed by atoms with Gasteiger partial charge in [-0.2, -0.15) is 0 Å². The maximum Gasteiger partial charge on any atom is 0.323 e. The van der Waals surface area contributed by atoms with E-state index in [4.69, 9.17) is 27.9 Å². The van der Waals surface area contributed by atoms with Crippen LogP contribution in [0.25, 0.3) is 0 Å². The second-order valence-corrected chi connectivity index (χ2v) is 5.73. The van der Waals surface area contributed by atoms with Crippen molar-refractivity contribution in [2.45, 2.75) is 58.5 Å². The topological polar surface area (TPSA) is 63.6 Å². The molecule has 0 amide bonds. The molecule has 0 rings (SSSR count). The Hall–Kier alpha value is -0.480. The van der Waals surface area contributed by atoms with Crippen molar-refractivity contribution in [3.8, 4) is 0 Å². The minimum atomic E-state index is -1.52. The van der Waals surface area contributed by atoms with E-state index in [1.807, 2.05) is 6.92 Å². The fourth-order valence-corrected chi connectivity index (χ4v) is 2.40. The Morgan fingerprint density at radius 3 is 2.05 bits per heavy atom. The zero-order valence-corrected chi connectivity index (χ0v) is 13.7. The molecule has 0 aliphatic rings. The molecule has 0 bridgehead atoms. The number of esters is 1. The molecule has 1 unspecified atom stereocenters. The molecule has 0 aliphatic heterocycles. The lowest BCUT2D eigenvalue weighted by Gasteiger charge is -2.28. The maximum absolute atomic E-state index is 12.3. The van der Waals surface area contributed by atoms with E-state index >= 15 is 0 Å². The van der Waals surface area contributed by atoms with Crippen molar-refractivity contribution in [3.63, 3.8) is 0 Å². The number of alkyl halides is 2. The number of carboxylic acid groups (broad SMARTS) is 1. The summed E-state index contributed by atoms with van der Waals surface area (Å²) < 4.78 is 5.31. The normalized spacial score (nSPS) is 13.0. The average Bonchev–Trinajstić information content (AvgIpc) is 2.39. The Bertz CT molecular complexity index is 300. The van der Waals surface area contributed by atoms with E-state index in [-0.39, 0.29) is 18.9 Å². The van der Waals surface area contributed by atoms with Crippen LogP contribution in [0.5, 0.6) is 0 Å². The van der Waals surface area contributed by atoms with Crippen molar-refractivity contribution in [2.75, 3.05) is 11.8 Å². The molecule has 0 aliphatic carbocycles. The molecular formula is C14H24Cl2O4. The molecule has 4 nitrogen and oxygen atoms in total. The zero-order valence-electron chi connectivity index (χ0n) is 12.2. The van der Waals surface area contributed by atoms with E-state index in [0.717, 1.165) is 6.42 Å². The van der Waals surface area contributed by atoms with Crippen LogP contribution in [0.3, 0.4) is 0 Å². The standard InChI is InChI=1S/C14H24Cl2O4/c1-3-6-11(2)20-13(19)14(12(17)18,7-4-9-15)8-5-10-16/h11H,3-10H2,1-2H3,(H,17,18). The van der Waals surface area contributed by atoms with E-state index in [1.54, 1.807) is 6.92 Å². The molecule has 0 aromatic rings. The highest BCUT2D eigenvalue weighted by Crippen LogP contribution is 2.33. The van der Waals surface area contributed by atoms with E-state index < -0.39 is 17.4 Å². The molecule has 1 N–H and O–H groups in total. The molecule has 1 atom stereocenters. The van der Waals surface area contributed by atoms with Crippen LogP contribution in [0.4, 0.5) is 0 Å². The summed E-state index contributed by atoms with van der Waals surface area (Å²) in [5.74, 6) is -1.19. The molecule has 6 heteroatoms. The second kappa shape index (κ2) is 10.3. The summed E-state index contributed by atoms with van der Waals surface area (Å²) in [6, 6.07) is 0. The van der Waals surface area contributed by atoms with Gasteiger partial charge in [0, 0.05) is 11.8 Å². The Kier molecular flexibility index (Phi) is 10.0. The highest BCUT2D eigenvalue weighted by Gasteiger charge is 2.47. The van der Waals surface area contributed by atoms with Gasteiger partial charge in [-0.1, -0.05) is 13.3 Å². The van der Waals surface area contributed by atoms with Gasteiger partial charge >= 0.3 is 11.9 Å². The van der Waals surface area contributed by atoms with Crippen LogP contribution in [0.15, 0.2) is 0 Å². The van der Waals surface area contributed by atoms with Crippen LogP contribution in [0.1, 0.15) is 52.4 Å². The van der Waals surface area contributed by atoms with Crippen LogP contribution in [0.2, 0.25) is 0 Å². The second-order valence-electron chi connectivity index (χ2n) is 4.98. The van der Waals surface area contributed by atoms with E-state index in [0.29, 0.717) is 31.0 Å². The SMILES string of the molecule is CCCC(C)OC(=O)C(CCCCl)(CCCCl)C(=O)O. The van der Waals surface area contributed by atoms with Crippen molar-refractivity contribution in [3.05, 3.63) is 0 Å².